The van der Waals surface area contributed by atoms with Crippen LogP contribution in [0.25, 0.3) is 0 Å². The van der Waals surface area contributed by atoms with Gasteiger partial charge in [-0.05, 0) is 30.7 Å². The molecule has 0 saturated heterocycles. The molecule has 3 aromatic carbocycles. The predicted molar refractivity (Wildman–Crippen MR) is 100 cm³/mol. The largest absolute Gasteiger partial charge is 0.457 e. The monoisotopic (exact) mass is 352 g/mol. The highest BCUT2D eigenvalue weighted by Crippen LogP contribution is 2.30. The molecule has 3 aromatic rings. The summed E-state index contributed by atoms with van der Waals surface area (Å²) < 4.78 is 31.6. The minimum Gasteiger partial charge on any atom is -0.457 e. The van der Waals surface area contributed by atoms with Gasteiger partial charge in [-0.2, -0.15) is 0 Å². The summed E-state index contributed by atoms with van der Waals surface area (Å²) in [6.07, 6.45) is 0. The van der Waals surface area contributed by atoms with Gasteiger partial charge in [-0.1, -0.05) is 66.7 Å². The maximum Gasteiger partial charge on any atom is 0.161 e. The van der Waals surface area contributed by atoms with Crippen LogP contribution in [0.4, 0.5) is 0 Å². The topological polar surface area (TPSA) is 43.4 Å². The first-order chi connectivity index (χ1) is 12.1. The molecular formula is C21H20O3S. The van der Waals surface area contributed by atoms with Crippen molar-refractivity contribution in [3.8, 4) is 11.5 Å². The second-order valence-corrected chi connectivity index (χ2v) is 8.20. The Morgan fingerprint density at radius 1 is 0.800 bits per heavy atom. The number of rotatable bonds is 6. The van der Waals surface area contributed by atoms with E-state index in [4.69, 9.17) is 4.74 Å². The van der Waals surface area contributed by atoms with Gasteiger partial charge in [0.15, 0.2) is 9.84 Å². The summed E-state index contributed by atoms with van der Waals surface area (Å²) >= 11 is 0. The minimum absolute atomic E-state index is 0.0634. The van der Waals surface area contributed by atoms with Crippen molar-refractivity contribution in [3.63, 3.8) is 0 Å². The quantitative estimate of drug-likeness (QED) is 0.616. The highest BCUT2D eigenvalue weighted by molar-refractivity contribution is 7.90. The third-order valence-electron chi connectivity index (χ3n) is 4.11. The fraction of sp³-hybridized carbons (Fsp3) is 0.143. The summed E-state index contributed by atoms with van der Waals surface area (Å²) in [5.74, 6) is 1.19. The molecule has 0 radical (unpaired) electrons. The van der Waals surface area contributed by atoms with Gasteiger partial charge in [0.1, 0.15) is 11.5 Å². The zero-order valence-electron chi connectivity index (χ0n) is 14.0. The number of para-hydroxylation sites is 2. The molecule has 4 heteroatoms. The molecule has 3 nitrogen and oxygen atoms in total. The average molecular weight is 352 g/mol. The van der Waals surface area contributed by atoms with E-state index in [0.717, 1.165) is 5.56 Å². The third kappa shape index (κ3) is 4.28. The Labute approximate surface area is 148 Å². The van der Waals surface area contributed by atoms with Crippen molar-refractivity contribution in [1.82, 2.24) is 0 Å². The SMILES string of the molecule is CC(c1ccccc1)S(=O)(=O)Cc1ccccc1Oc1ccccc1. The molecule has 0 heterocycles. The molecule has 1 unspecified atom stereocenters. The summed E-state index contributed by atoms with van der Waals surface area (Å²) in [4.78, 5) is 0. The Morgan fingerprint density at radius 2 is 1.36 bits per heavy atom. The molecule has 0 aliphatic carbocycles. The zero-order valence-corrected chi connectivity index (χ0v) is 14.8. The lowest BCUT2D eigenvalue weighted by Crippen LogP contribution is -2.13. The summed E-state index contributed by atoms with van der Waals surface area (Å²) in [7, 11) is -3.36. The highest BCUT2D eigenvalue weighted by Gasteiger charge is 2.24. The summed E-state index contributed by atoms with van der Waals surface area (Å²) in [5.41, 5.74) is 1.46. The van der Waals surface area contributed by atoms with Gasteiger partial charge in [0, 0.05) is 5.56 Å². The van der Waals surface area contributed by atoms with Crippen molar-refractivity contribution in [2.75, 3.05) is 0 Å². The lowest BCUT2D eigenvalue weighted by Gasteiger charge is -2.16. The van der Waals surface area contributed by atoms with Crippen LogP contribution in [0.5, 0.6) is 11.5 Å². The highest BCUT2D eigenvalue weighted by atomic mass is 32.2. The molecule has 0 aromatic heterocycles. The Balaban J connectivity index is 1.85. The van der Waals surface area contributed by atoms with E-state index >= 15 is 0 Å². The van der Waals surface area contributed by atoms with Crippen molar-refractivity contribution < 1.29 is 13.2 Å². The van der Waals surface area contributed by atoms with E-state index in [1.165, 1.54) is 0 Å². The molecule has 0 amide bonds. The number of hydrogen-bond acceptors (Lipinski definition) is 3. The number of benzene rings is 3. The standard InChI is InChI=1S/C21H20O3S/c1-17(18-10-4-2-5-11-18)25(22,23)16-19-12-8-9-15-21(19)24-20-13-6-3-7-14-20/h2-15,17H,16H2,1H3. The predicted octanol–water partition coefficient (Wildman–Crippen LogP) is 5.15. The van der Waals surface area contributed by atoms with Gasteiger partial charge in [-0.25, -0.2) is 8.42 Å². The molecule has 0 spiro atoms. The van der Waals surface area contributed by atoms with Gasteiger partial charge in [-0.3, -0.25) is 0 Å². The van der Waals surface area contributed by atoms with Crippen molar-refractivity contribution in [3.05, 3.63) is 96.1 Å². The van der Waals surface area contributed by atoms with Crippen molar-refractivity contribution in [2.24, 2.45) is 0 Å². The molecule has 0 aliphatic rings. The van der Waals surface area contributed by atoms with Gasteiger partial charge in [0.2, 0.25) is 0 Å². The first kappa shape index (κ1) is 17.2. The maximum atomic E-state index is 12.8. The van der Waals surface area contributed by atoms with E-state index in [1.54, 1.807) is 19.1 Å². The van der Waals surface area contributed by atoms with Crippen LogP contribution in [0.1, 0.15) is 23.3 Å². The first-order valence-corrected chi connectivity index (χ1v) is 9.85. The van der Waals surface area contributed by atoms with Crippen LogP contribution in [-0.2, 0) is 15.6 Å². The van der Waals surface area contributed by atoms with Gasteiger partial charge >= 0.3 is 0 Å². The Kier molecular flexibility index (Phi) is 5.19. The lowest BCUT2D eigenvalue weighted by atomic mass is 10.2. The lowest BCUT2D eigenvalue weighted by molar-refractivity contribution is 0.477. The van der Waals surface area contributed by atoms with Crippen LogP contribution in [-0.4, -0.2) is 8.42 Å². The molecule has 25 heavy (non-hydrogen) atoms. The van der Waals surface area contributed by atoms with E-state index in [2.05, 4.69) is 0 Å². The van der Waals surface area contributed by atoms with E-state index in [1.807, 2.05) is 72.8 Å². The molecule has 0 fully saturated rings. The molecule has 0 bridgehead atoms. The van der Waals surface area contributed by atoms with Crippen molar-refractivity contribution in [2.45, 2.75) is 17.9 Å². The van der Waals surface area contributed by atoms with Crippen molar-refractivity contribution in [1.29, 1.82) is 0 Å². The molecule has 0 aliphatic heterocycles. The summed E-state index contributed by atoms with van der Waals surface area (Å²) in [5, 5.41) is -0.571. The molecule has 0 N–H and O–H groups in total. The summed E-state index contributed by atoms with van der Waals surface area (Å²) in [6, 6.07) is 25.9. The summed E-state index contributed by atoms with van der Waals surface area (Å²) in [6.45, 7) is 1.73. The first-order valence-electron chi connectivity index (χ1n) is 8.13. The van der Waals surface area contributed by atoms with E-state index in [0.29, 0.717) is 17.1 Å². The van der Waals surface area contributed by atoms with Gasteiger partial charge in [0.25, 0.3) is 0 Å². The van der Waals surface area contributed by atoms with Gasteiger partial charge in [-0.15, -0.1) is 0 Å². The fourth-order valence-electron chi connectivity index (χ4n) is 2.61. The zero-order chi connectivity index (χ0) is 17.7. The second kappa shape index (κ2) is 7.53. The third-order valence-corrected chi connectivity index (χ3v) is 6.17. The van der Waals surface area contributed by atoms with Crippen LogP contribution < -0.4 is 4.74 Å². The van der Waals surface area contributed by atoms with Gasteiger partial charge < -0.3 is 4.74 Å². The van der Waals surface area contributed by atoms with E-state index in [9.17, 15) is 8.42 Å². The maximum absolute atomic E-state index is 12.8. The van der Waals surface area contributed by atoms with Crippen LogP contribution in [0.15, 0.2) is 84.9 Å². The molecular weight excluding hydrogens is 332 g/mol. The fourth-order valence-corrected chi connectivity index (χ4v) is 4.11. The smallest absolute Gasteiger partial charge is 0.161 e. The number of sulfone groups is 1. The number of ether oxygens (including phenoxy) is 1. The molecule has 3 rings (SSSR count). The molecule has 128 valence electrons. The normalized spacial score (nSPS) is 12.5. The van der Waals surface area contributed by atoms with E-state index < -0.39 is 15.1 Å². The second-order valence-electron chi connectivity index (χ2n) is 5.88. The van der Waals surface area contributed by atoms with Crippen LogP contribution in [0.3, 0.4) is 0 Å². The van der Waals surface area contributed by atoms with Crippen molar-refractivity contribution >= 4 is 9.84 Å². The Hall–Kier alpha value is -2.59. The Bertz CT molecular complexity index is 920. The molecule has 1 atom stereocenters. The van der Waals surface area contributed by atoms with Crippen LogP contribution in [0.2, 0.25) is 0 Å². The average Bonchev–Trinajstić information content (AvgIpc) is 2.64. The minimum atomic E-state index is -3.36. The number of hydrogen-bond donors (Lipinski definition) is 0. The van der Waals surface area contributed by atoms with Crippen LogP contribution in [0, 0.1) is 0 Å². The van der Waals surface area contributed by atoms with E-state index in [-0.39, 0.29) is 5.75 Å². The molecule has 0 saturated carbocycles. The van der Waals surface area contributed by atoms with Gasteiger partial charge in [0.05, 0.1) is 11.0 Å². The van der Waals surface area contributed by atoms with Crippen LogP contribution >= 0.6 is 0 Å². The Morgan fingerprint density at radius 3 is 2.04 bits per heavy atom.